The molecule has 0 radical (unpaired) electrons. The van der Waals surface area contributed by atoms with Crippen molar-refractivity contribution in [1.82, 2.24) is 4.90 Å². The lowest BCUT2D eigenvalue weighted by Crippen LogP contribution is -2.52. The molecule has 0 amide bonds. The third kappa shape index (κ3) is 3.20. The van der Waals surface area contributed by atoms with Gasteiger partial charge in [-0.3, -0.25) is 9.69 Å². The SMILES string of the molecule is CC(C)CN1CC(C(=O)O)CCC1(C)C. The zero-order valence-electron chi connectivity index (χ0n) is 10.3. The Labute approximate surface area is 92.5 Å². The molecule has 1 heterocycles. The fraction of sp³-hybridized carbons (Fsp3) is 0.917. The molecular formula is C12H23NO2. The van der Waals surface area contributed by atoms with Crippen LogP contribution >= 0.6 is 0 Å². The van der Waals surface area contributed by atoms with Gasteiger partial charge in [0.2, 0.25) is 0 Å². The second-order valence-electron chi connectivity index (χ2n) is 5.69. The third-order valence-electron chi connectivity index (χ3n) is 3.34. The van der Waals surface area contributed by atoms with Crippen LogP contribution in [0.4, 0.5) is 0 Å². The summed E-state index contributed by atoms with van der Waals surface area (Å²) in [5.41, 5.74) is 0.163. The zero-order chi connectivity index (χ0) is 11.6. The minimum absolute atomic E-state index is 0.163. The summed E-state index contributed by atoms with van der Waals surface area (Å²) in [6.07, 6.45) is 1.80. The number of likely N-dealkylation sites (tertiary alicyclic amines) is 1. The quantitative estimate of drug-likeness (QED) is 0.781. The summed E-state index contributed by atoms with van der Waals surface area (Å²) in [5, 5.41) is 9.03. The van der Waals surface area contributed by atoms with Crippen LogP contribution in [0.15, 0.2) is 0 Å². The van der Waals surface area contributed by atoms with Crippen molar-refractivity contribution in [3.8, 4) is 0 Å². The Morgan fingerprint density at radius 3 is 2.60 bits per heavy atom. The van der Waals surface area contributed by atoms with Crippen LogP contribution in [0.2, 0.25) is 0 Å². The summed E-state index contributed by atoms with van der Waals surface area (Å²) < 4.78 is 0. The van der Waals surface area contributed by atoms with E-state index < -0.39 is 5.97 Å². The number of piperidine rings is 1. The minimum atomic E-state index is -0.640. The van der Waals surface area contributed by atoms with E-state index in [0.29, 0.717) is 12.5 Å². The van der Waals surface area contributed by atoms with Crippen molar-refractivity contribution < 1.29 is 9.90 Å². The predicted molar refractivity (Wildman–Crippen MR) is 60.8 cm³/mol. The number of hydrogen-bond acceptors (Lipinski definition) is 2. The lowest BCUT2D eigenvalue weighted by Gasteiger charge is -2.45. The fourth-order valence-electron chi connectivity index (χ4n) is 2.25. The molecule has 1 atom stereocenters. The molecule has 1 unspecified atom stereocenters. The van der Waals surface area contributed by atoms with E-state index in [9.17, 15) is 4.79 Å². The van der Waals surface area contributed by atoms with Crippen LogP contribution in [-0.4, -0.2) is 34.6 Å². The molecule has 1 saturated heterocycles. The highest BCUT2D eigenvalue weighted by molar-refractivity contribution is 5.70. The summed E-state index contributed by atoms with van der Waals surface area (Å²) in [7, 11) is 0. The van der Waals surface area contributed by atoms with Gasteiger partial charge >= 0.3 is 5.97 Å². The standard InChI is InChI=1S/C12H23NO2/c1-9(2)7-13-8-10(11(14)15)5-6-12(13,3)4/h9-10H,5-8H2,1-4H3,(H,14,15). The molecular weight excluding hydrogens is 190 g/mol. The Kier molecular flexibility index (Phi) is 3.77. The molecule has 0 aromatic carbocycles. The van der Waals surface area contributed by atoms with E-state index in [2.05, 4.69) is 32.6 Å². The first-order valence-corrected chi connectivity index (χ1v) is 5.81. The van der Waals surface area contributed by atoms with E-state index in [1.165, 1.54) is 0 Å². The molecule has 3 heteroatoms. The van der Waals surface area contributed by atoms with Crippen molar-refractivity contribution in [2.45, 2.75) is 46.1 Å². The summed E-state index contributed by atoms with van der Waals surface area (Å²) in [4.78, 5) is 13.3. The summed E-state index contributed by atoms with van der Waals surface area (Å²) in [5.74, 6) is -0.215. The Morgan fingerprint density at radius 2 is 2.13 bits per heavy atom. The van der Waals surface area contributed by atoms with Gasteiger partial charge in [-0.15, -0.1) is 0 Å². The number of rotatable bonds is 3. The zero-order valence-corrected chi connectivity index (χ0v) is 10.3. The highest BCUT2D eigenvalue weighted by atomic mass is 16.4. The van der Waals surface area contributed by atoms with Gasteiger partial charge in [-0.1, -0.05) is 13.8 Å². The topological polar surface area (TPSA) is 40.5 Å². The number of carbonyl (C=O) groups is 1. The first-order chi connectivity index (χ1) is 6.83. The van der Waals surface area contributed by atoms with E-state index in [0.717, 1.165) is 19.4 Å². The van der Waals surface area contributed by atoms with Crippen LogP contribution in [-0.2, 0) is 4.79 Å². The molecule has 0 aromatic rings. The largest absolute Gasteiger partial charge is 0.481 e. The monoisotopic (exact) mass is 213 g/mol. The molecule has 88 valence electrons. The van der Waals surface area contributed by atoms with Crippen LogP contribution < -0.4 is 0 Å². The highest BCUT2D eigenvalue weighted by Gasteiger charge is 2.36. The van der Waals surface area contributed by atoms with Crippen LogP contribution in [0.25, 0.3) is 0 Å². The molecule has 0 bridgehead atoms. The third-order valence-corrected chi connectivity index (χ3v) is 3.34. The first-order valence-electron chi connectivity index (χ1n) is 5.81. The maximum Gasteiger partial charge on any atom is 0.307 e. The molecule has 0 aromatic heterocycles. The average molecular weight is 213 g/mol. The van der Waals surface area contributed by atoms with Gasteiger partial charge in [0.15, 0.2) is 0 Å². The Bertz CT molecular complexity index is 236. The maximum absolute atomic E-state index is 11.0. The van der Waals surface area contributed by atoms with E-state index >= 15 is 0 Å². The van der Waals surface area contributed by atoms with Crippen molar-refractivity contribution in [2.24, 2.45) is 11.8 Å². The van der Waals surface area contributed by atoms with Crippen molar-refractivity contribution in [2.75, 3.05) is 13.1 Å². The normalized spacial score (nSPS) is 26.9. The molecule has 1 N–H and O–H groups in total. The van der Waals surface area contributed by atoms with Crippen molar-refractivity contribution in [3.63, 3.8) is 0 Å². The van der Waals surface area contributed by atoms with Crippen LogP contribution in [0.1, 0.15) is 40.5 Å². The van der Waals surface area contributed by atoms with Gasteiger partial charge in [-0.25, -0.2) is 0 Å². The summed E-state index contributed by atoms with van der Waals surface area (Å²) in [6.45, 7) is 10.5. The van der Waals surface area contributed by atoms with Crippen molar-refractivity contribution >= 4 is 5.97 Å². The van der Waals surface area contributed by atoms with Gasteiger partial charge in [-0.05, 0) is 32.6 Å². The van der Waals surface area contributed by atoms with Gasteiger partial charge in [-0.2, -0.15) is 0 Å². The molecule has 1 aliphatic heterocycles. The summed E-state index contributed by atoms with van der Waals surface area (Å²) >= 11 is 0. The van der Waals surface area contributed by atoms with E-state index in [1.54, 1.807) is 0 Å². The van der Waals surface area contributed by atoms with Crippen molar-refractivity contribution in [1.29, 1.82) is 0 Å². The number of nitrogens with zero attached hydrogens (tertiary/aromatic N) is 1. The maximum atomic E-state index is 11.0. The highest BCUT2D eigenvalue weighted by Crippen LogP contribution is 2.31. The van der Waals surface area contributed by atoms with Crippen LogP contribution in [0.3, 0.4) is 0 Å². The predicted octanol–water partition coefficient (Wildman–Crippen LogP) is 2.22. The number of carboxylic acids is 1. The molecule has 15 heavy (non-hydrogen) atoms. The van der Waals surface area contributed by atoms with Gasteiger partial charge < -0.3 is 5.11 Å². The van der Waals surface area contributed by atoms with E-state index in [4.69, 9.17) is 5.11 Å². The van der Waals surface area contributed by atoms with E-state index in [-0.39, 0.29) is 11.5 Å². The number of hydrogen-bond donors (Lipinski definition) is 1. The first kappa shape index (κ1) is 12.5. The molecule has 0 saturated carbocycles. The molecule has 3 nitrogen and oxygen atoms in total. The van der Waals surface area contributed by atoms with Crippen LogP contribution in [0, 0.1) is 11.8 Å². The minimum Gasteiger partial charge on any atom is -0.481 e. The fourth-order valence-corrected chi connectivity index (χ4v) is 2.25. The van der Waals surface area contributed by atoms with E-state index in [1.807, 2.05) is 0 Å². The lowest BCUT2D eigenvalue weighted by atomic mass is 9.84. The molecule has 1 aliphatic rings. The Balaban J connectivity index is 2.66. The molecule has 1 fully saturated rings. The Morgan fingerprint density at radius 1 is 1.53 bits per heavy atom. The number of aliphatic carboxylic acids is 1. The second-order valence-corrected chi connectivity index (χ2v) is 5.69. The molecule has 0 aliphatic carbocycles. The lowest BCUT2D eigenvalue weighted by molar-refractivity contribution is -0.145. The second kappa shape index (κ2) is 4.52. The molecule has 0 spiro atoms. The smallest absolute Gasteiger partial charge is 0.307 e. The number of carboxylic acid groups (broad SMARTS) is 1. The van der Waals surface area contributed by atoms with Gasteiger partial charge in [0.1, 0.15) is 0 Å². The van der Waals surface area contributed by atoms with Gasteiger partial charge in [0, 0.05) is 18.6 Å². The van der Waals surface area contributed by atoms with Gasteiger partial charge in [0.25, 0.3) is 0 Å². The average Bonchev–Trinajstić information content (AvgIpc) is 2.07. The van der Waals surface area contributed by atoms with Crippen molar-refractivity contribution in [3.05, 3.63) is 0 Å². The van der Waals surface area contributed by atoms with Gasteiger partial charge in [0.05, 0.1) is 5.92 Å². The van der Waals surface area contributed by atoms with Crippen LogP contribution in [0.5, 0.6) is 0 Å². The molecule has 1 rings (SSSR count). The summed E-state index contributed by atoms with van der Waals surface area (Å²) in [6, 6.07) is 0. The Hall–Kier alpha value is -0.570.